The molecule has 0 atom stereocenters. The van der Waals surface area contributed by atoms with Crippen LogP contribution in [-0.2, 0) is 0 Å². The quantitative estimate of drug-likeness (QED) is 0.344. The van der Waals surface area contributed by atoms with Crippen LogP contribution in [0.1, 0.15) is 46.9 Å². The Morgan fingerprint density at radius 3 is 2.19 bits per heavy atom. The number of carbonyl (C=O) groups excluding carboxylic acids is 2. The number of rotatable bonds is 5. The highest BCUT2D eigenvalue weighted by atomic mass is 127. The van der Waals surface area contributed by atoms with Gasteiger partial charge in [-0.05, 0) is 12.8 Å². The van der Waals surface area contributed by atoms with Gasteiger partial charge in [-0.25, -0.2) is 0 Å². The average molecular weight is 489 g/mol. The summed E-state index contributed by atoms with van der Waals surface area (Å²) in [6.45, 7) is 6.85. The van der Waals surface area contributed by atoms with Crippen molar-refractivity contribution in [3.8, 4) is 0 Å². The summed E-state index contributed by atoms with van der Waals surface area (Å²) < 4.78 is 1.03. The van der Waals surface area contributed by atoms with Gasteiger partial charge in [0, 0.05) is 11.1 Å². The number of piperazine rings is 1. The molecular weight excluding hydrogens is 463 g/mol. The second kappa shape index (κ2) is 8.85. The van der Waals surface area contributed by atoms with Crippen molar-refractivity contribution >= 4 is 23.2 Å². The van der Waals surface area contributed by atoms with E-state index in [0.29, 0.717) is 16.8 Å². The number of hydrogen-bond donors (Lipinski definition) is 0. The van der Waals surface area contributed by atoms with Gasteiger partial charge in [-0.1, -0.05) is 49.2 Å². The first kappa shape index (κ1) is 21.4. The van der Waals surface area contributed by atoms with E-state index >= 15 is 0 Å². The lowest BCUT2D eigenvalue weighted by Crippen LogP contribution is -3.00. The molecule has 0 N–H and O–H groups in total. The fourth-order valence-corrected chi connectivity index (χ4v) is 4.06. The van der Waals surface area contributed by atoms with E-state index in [-0.39, 0.29) is 40.6 Å². The van der Waals surface area contributed by atoms with Gasteiger partial charge in [-0.3, -0.25) is 9.59 Å². The summed E-state index contributed by atoms with van der Waals surface area (Å²) in [6, 6.07) is 6.94. The molecule has 1 aromatic carbocycles. The summed E-state index contributed by atoms with van der Waals surface area (Å²) >= 11 is 6.33. The summed E-state index contributed by atoms with van der Waals surface area (Å²) in [7, 11) is 2.28. The molecule has 0 spiro atoms. The Morgan fingerprint density at radius 1 is 1.04 bits per heavy atom. The van der Waals surface area contributed by atoms with Crippen molar-refractivity contribution < 1.29 is 38.0 Å². The zero-order valence-electron chi connectivity index (χ0n) is 15.4. The summed E-state index contributed by atoms with van der Waals surface area (Å²) in [4.78, 5) is 27.5. The number of nitrogens with zero attached hydrogens (tertiary/aromatic N) is 2. The number of quaternary nitrogens is 1. The van der Waals surface area contributed by atoms with E-state index in [2.05, 4.69) is 14.0 Å². The molecule has 0 bridgehead atoms. The fraction of sp³-hybridized carbons (Fsp3) is 0.500. The van der Waals surface area contributed by atoms with Gasteiger partial charge in [0.2, 0.25) is 11.6 Å². The van der Waals surface area contributed by atoms with Crippen LogP contribution < -0.4 is 24.0 Å². The minimum atomic E-state index is -0.238. The Morgan fingerprint density at radius 2 is 1.62 bits per heavy atom. The number of benzene rings is 1. The molecule has 1 saturated heterocycles. The van der Waals surface area contributed by atoms with E-state index in [4.69, 9.17) is 11.6 Å². The van der Waals surface area contributed by atoms with Gasteiger partial charge in [0.1, 0.15) is 10.7 Å². The predicted molar refractivity (Wildman–Crippen MR) is 99.9 cm³/mol. The Balaban J connectivity index is 0.00000243. The van der Waals surface area contributed by atoms with Gasteiger partial charge < -0.3 is 33.4 Å². The number of halogens is 2. The van der Waals surface area contributed by atoms with Gasteiger partial charge >= 0.3 is 0 Å². The molecule has 0 unspecified atom stereocenters. The van der Waals surface area contributed by atoms with E-state index in [1.807, 2.05) is 4.90 Å². The summed E-state index contributed by atoms with van der Waals surface area (Å²) in [5, 5.41) is 0.0748. The van der Waals surface area contributed by atoms with Crippen LogP contribution in [0.5, 0.6) is 0 Å². The highest BCUT2D eigenvalue weighted by Crippen LogP contribution is 2.31. The first-order chi connectivity index (χ1) is 12.0. The van der Waals surface area contributed by atoms with E-state index in [0.717, 1.165) is 30.7 Å². The molecule has 6 heteroatoms. The fourth-order valence-electron chi connectivity index (χ4n) is 3.75. The molecule has 1 aliphatic carbocycles. The minimum Gasteiger partial charge on any atom is -1.00 e. The third-order valence-corrected chi connectivity index (χ3v) is 5.83. The molecule has 26 heavy (non-hydrogen) atoms. The van der Waals surface area contributed by atoms with Crippen LogP contribution in [0.2, 0.25) is 0 Å². The van der Waals surface area contributed by atoms with Gasteiger partial charge in [0.15, 0.2) is 0 Å². The van der Waals surface area contributed by atoms with Crippen molar-refractivity contribution in [2.75, 3.05) is 39.8 Å². The third kappa shape index (κ3) is 4.15. The second-order valence-corrected chi connectivity index (χ2v) is 7.73. The maximum Gasteiger partial charge on any atom is 0.211 e. The first-order valence-electron chi connectivity index (χ1n) is 9.13. The van der Waals surface area contributed by atoms with Crippen LogP contribution in [0.25, 0.3) is 0 Å². The lowest BCUT2D eigenvalue weighted by molar-refractivity contribution is -0.913. The number of allylic oxidation sites excluding steroid dienone is 2. The third-order valence-electron chi connectivity index (χ3n) is 5.48. The van der Waals surface area contributed by atoms with Crippen LogP contribution in [-0.4, -0.2) is 60.7 Å². The van der Waals surface area contributed by atoms with Gasteiger partial charge in [0.05, 0.1) is 39.8 Å². The van der Waals surface area contributed by atoms with E-state index in [9.17, 15) is 9.59 Å². The summed E-state index contributed by atoms with van der Waals surface area (Å²) in [6.07, 6.45) is 3.73. The lowest BCUT2D eigenvalue weighted by Gasteiger charge is -2.43. The van der Waals surface area contributed by atoms with Crippen LogP contribution in [0, 0.1) is 0 Å². The number of hydrogen-bond acceptors (Lipinski definition) is 3. The Hall–Kier alpha value is -0.920. The molecule has 0 radical (unpaired) electrons. The summed E-state index contributed by atoms with van der Waals surface area (Å²) in [5.41, 5.74) is 1.28. The van der Waals surface area contributed by atoms with Crippen LogP contribution in [0.4, 0.5) is 0 Å². The highest BCUT2D eigenvalue weighted by Gasteiger charge is 2.37. The van der Waals surface area contributed by atoms with Crippen molar-refractivity contribution in [3.63, 3.8) is 0 Å². The molecule has 0 saturated carbocycles. The first-order valence-corrected chi connectivity index (χ1v) is 9.51. The van der Waals surface area contributed by atoms with Gasteiger partial charge in [0.25, 0.3) is 0 Å². The van der Waals surface area contributed by atoms with E-state index in [1.54, 1.807) is 24.3 Å². The molecular formula is C20H26ClIN2O2. The van der Waals surface area contributed by atoms with E-state index in [1.165, 1.54) is 25.8 Å². The number of ketones is 2. The normalized spacial score (nSPS) is 19.3. The molecule has 1 heterocycles. The number of fused-ring (bicyclic) bond motifs is 1. The van der Waals surface area contributed by atoms with Crippen LogP contribution >= 0.6 is 11.6 Å². The Kier molecular flexibility index (Phi) is 7.27. The zero-order chi connectivity index (χ0) is 18.0. The van der Waals surface area contributed by atoms with E-state index < -0.39 is 0 Å². The van der Waals surface area contributed by atoms with Crippen molar-refractivity contribution in [2.24, 2.45) is 0 Å². The maximum atomic E-state index is 12.9. The monoisotopic (exact) mass is 488 g/mol. The molecule has 142 valence electrons. The molecule has 0 aromatic heterocycles. The Labute approximate surface area is 177 Å². The topological polar surface area (TPSA) is 37.4 Å². The smallest absolute Gasteiger partial charge is 0.211 e. The molecule has 2 aliphatic rings. The molecule has 1 aromatic rings. The predicted octanol–water partition coefficient (Wildman–Crippen LogP) is 0.472. The van der Waals surface area contributed by atoms with Crippen LogP contribution in [0.3, 0.4) is 0 Å². The second-order valence-electron chi connectivity index (χ2n) is 7.35. The molecule has 1 aliphatic heterocycles. The lowest BCUT2D eigenvalue weighted by atomic mass is 9.91. The minimum absolute atomic E-state index is 0. The van der Waals surface area contributed by atoms with Crippen molar-refractivity contribution in [3.05, 3.63) is 46.1 Å². The molecule has 0 amide bonds. The Bertz CT molecular complexity index is 724. The molecule has 3 rings (SSSR count). The van der Waals surface area contributed by atoms with Crippen molar-refractivity contribution in [2.45, 2.75) is 26.2 Å². The number of likely N-dealkylation sites (N-methyl/N-ethyl adjacent to an activating group) is 1. The van der Waals surface area contributed by atoms with Crippen molar-refractivity contribution in [1.29, 1.82) is 0 Å². The number of unbranched alkanes of at least 4 members (excludes halogenated alkanes) is 2. The average Bonchev–Trinajstić information content (AvgIpc) is 2.62. The molecule has 4 nitrogen and oxygen atoms in total. The largest absolute Gasteiger partial charge is 1.00 e. The SMILES string of the molecule is CCCCC[N+]1(C)CCN(C2=C(Cl)C(=O)c3ccccc3C2=O)CC1.[I-]. The number of Topliss-reactive ketones (excluding diaryl/α,β-unsaturated/α-hetero) is 2. The standard InChI is InChI=1S/C20H26ClN2O2.HI/c1-3-4-7-12-23(2)13-10-22(11-14-23)18-17(21)19(24)15-8-5-6-9-16(15)20(18)25;/h5-6,8-9H,3-4,7,10-14H2,1-2H3;1H/q+1;/p-1. The van der Waals surface area contributed by atoms with Gasteiger partial charge in [-0.2, -0.15) is 0 Å². The number of carbonyl (C=O) groups is 2. The van der Waals surface area contributed by atoms with Crippen LogP contribution in [0.15, 0.2) is 35.0 Å². The zero-order valence-corrected chi connectivity index (χ0v) is 18.3. The highest BCUT2D eigenvalue weighted by molar-refractivity contribution is 6.49. The summed E-state index contributed by atoms with van der Waals surface area (Å²) in [5.74, 6) is -0.361. The van der Waals surface area contributed by atoms with Gasteiger partial charge in [-0.15, -0.1) is 0 Å². The van der Waals surface area contributed by atoms with Crippen molar-refractivity contribution in [1.82, 2.24) is 4.90 Å². The molecule has 1 fully saturated rings. The maximum absolute atomic E-state index is 12.9.